The third kappa shape index (κ3) is 2.36. The fourth-order valence-electron chi connectivity index (χ4n) is 2.32. The van der Waals surface area contributed by atoms with E-state index in [1.54, 1.807) is 16.7 Å². The SMILES string of the molecule is CCn1c(CC(=O)O)cc(=O)c2c(Cl)ccc(OC)c21. The molecule has 5 nitrogen and oxygen atoms in total. The molecule has 2 aromatic rings. The molecule has 106 valence electrons. The Morgan fingerprint density at radius 3 is 2.70 bits per heavy atom. The molecule has 1 aromatic heterocycles. The van der Waals surface area contributed by atoms with Crippen LogP contribution in [-0.4, -0.2) is 22.8 Å². The average molecular weight is 296 g/mol. The van der Waals surface area contributed by atoms with Crippen LogP contribution >= 0.6 is 11.6 Å². The van der Waals surface area contributed by atoms with Crippen LogP contribution in [0.1, 0.15) is 12.6 Å². The number of methoxy groups -OCH3 is 1. The lowest BCUT2D eigenvalue weighted by atomic mass is 10.1. The molecule has 2 rings (SSSR count). The summed E-state index contributed by atoms with van der Waals surface area (Å²) in [5, 5.41) is 9.64. The molecule has 0 aliphatic carbocycles. The third-order valence-corrected chi connectivity index (χ3v) is 3.43. The van der Waals surface area contributed by atoms with Crippen LogP contribution in [0, 0.1) is 0 Å². The van der Waals surface area contributed by atoms with Crippen LogP contribution in [0.25, 0.3) is 10.9 Å². The lowest BCUT2D eigenvalue weighted by Crippen LogP contribution is -2.17. The average Bonchev–Trinajstić information content (AvgIpc) is 2.38. The standard InChI is InChI=1S/C14H14ClNO4/c1-3-16-8(7-12(18)19)6-10(17)13-9(15)4-5-11(20-2)14(13)16/h4-6H,3,7H2,1-2H3,(H,18,19). The zero-order valence-electron chi connectivity index (χ0n) is 11.1. The molecule has 6 heteroatoms. The van der Waals surface area contributed by atoms with Gasteiger partial charge in [0.25, 0.3) is 0 Å². The predicted octanol–water partition coefficient (Wildman–Crippen LogP) is 2.31. The Kier molecular flexibility index (Phi) is 3.99. The highest BCUT2D eigenvalue weighted by atomic mass is 35.5. The Hall–Kier alpha value is -2.01. The van der Waals surface area contributed by atoms with Crippen molar-refractivity contribution in [2.45, 2.75) is 19.9 Å². The number of carboxylic acids is 1. The van der Waals surface area contributed by atoms with Crippen molar-refractivity contribution in [2.75, 3.05) is 7.11 Å². The molecule has 0 saturated carbocycles. The van der Waals surface area contributed by atoms with Crippen molar-refractivity contribution in [3.8, 4) is 5.75 Å². The van der Waals surface area contributed by atoms with E-state index < -0.39 is 5.97 Å². The van der Waals surface area contributed by atoms with Gasteiger partial charge in [-0.25, -0.2) is 0 Å². The van der Waals surface area contributed by atoms with E-state index in [0.29, 0.717) is 33.9 Å². The Labute approximate surface area is 120 Å². The predicted molar refractivity (Wildman–Crippen MR) is 76.8 cm³/mol. The number of carbonyl (C=O) groups is 1. The van der Waals surface area contributed by atoms with Gasteiger partial charge < -0.3 is 14.4 Å². The molecule has 0 atom stereocenters. The fourth-order valence-corrected chi connectivity index (χ4v) is 2.57. The van der Waals surface area contributed by atoms with Gasteiger partial charge in [0.05, 0.1) is 29.5 Å². The molecule has 0 saturated heterocycles. The van der Waals surface area contributed by atoms with Gasteiger partial charge in [0.1, 0.15) is 5.75 Å². The maximum absolute atomic E-state index is 12.2. The van der Waals surface area contributed by atoms with E-state index >= 15 is 0 Å². The number of pyridine rings is 1. The smallest absolute Gasteiger partial charge is 0.309 e. The first-order valence-corrected chi connectivity index (χ1v) is 6.48. The second kappa shape index (κ2) is 5.54. The van der Waals surface area contributed by atoms with Gasteiger partial charge in [-0.1, -0.05) is 11.6 Å². The second-order valence-electron chi connectivity index (χ2n) is 4.29. The largest absolute Gasteiger partial charge is 0.495 e. The lowest BCUT2D eigenvalue weighted by Gasteiger charge is -2.17. The number of aryl methyl sites for hydroxylation is 1. The van der Waals surface area contributed by atoms with Crippen LogP contribution in [0.15, 0.2) is 23.0 Å². The minimum atomic E-state index is -0.994. The number of hydrogen-bond acceptors (Lipinski definition) is 3. The summed E-state index contributed by atoms with van der Waals surface area (Å²) >= 11 is 6.09. The van der Waals surface area contributed by atoms with Gasteiger partial charge in [0.2, 0.25) is 0 Å². The normalized spacial score (nSPS) is 10.8. The van der Waals surface area contributed by atoms with Gasteiger partial charge in [0, 0.05) is 18.3 Å². The number of nitrogens with zero attached hydrogens (tertiary/aromatic N) is 1. The summed E-state index contributed by atoms with van der Waals surface area (Å²) in [4.78, 5) is 23.1. The van der Waals surface area contributed by atoms with Gasteiger partial charge in [0.15, 0.2) is 5.43 Å². The number of hydrogen-bond donors (Lipinski definition) is 1. The highest BCUT2D eigenvalue weighted by molar-refractivity contribution is 6.35. The summed E-state index contributed by atoms with van der Waals surface area (Å²) < 4.78 is 7.02. The zero-order chi connectivity index (χ0) is 14.9. The number of rotatable bonds is 4. The Balaban J connectivity index is 2.94. The van der Waals surface area contributed by atoms with Crippen LogP contribution in [0.5, 0.6) is 5.75 Å². The number of halogens is 1. The van der Waals surface area contributed by atoms with Crippen molar-refractivity contribution in [3.05, 3.63) is 39.1 Å². The highest BCUT2D eigenvalue weighted by Crippen LogP contribution is 2.30. The van der Waals surface area contributed by atoms with E-state index in [0.717, 1.165) is 0 Å². The molecule has 0 aliphatic heterocycles. The fraction of sp³-hybridized carbons (Fsp3) is 0.286. The van der Waals surface area contributed by atoms with Gasteiger partial charge in [-0.15, -0.1) is 0 Å². The molecule has 0 fully saturated rings. The molecular weight excluding hydrogens is 282 g/mol. The minimum absolute atomic E-state index is 0.227. The number of carboxylic acid groups (broad SMARTS) is 1. The van der Waals surface area contributed by atoms with Crippen molar-refractivity contribution < 1.29 is 14.6 Å². The van der Waals surface area contributed by atoms with Crippen molar-refractivity contribution in [3.63, 3.8) is 0 Å². The molecule has 0 aliphatic rings. The lowest BCUT2D eigenvalue weighted by molar-refractivity contribution is -0.136. The molecule has 1 heterocycles. The molecule has 0 unspecified atom stereocenters. The summed E-state index contributed by atoms with van der Waals surface area (Å²) in [5.41, 5.74) is 0.661. The van der Waals surface area contributed by atoms with Crippen LogP contribution < -0.4 is 10.2 Å². The van der Waals surface area contributed by atoms with Gasteiger partial charge in [-0.05, 0) is 19.1 Å². The zero-order valence-corrected chi connectivity index (χ0v) is 11.9. The third-order valence-electron chi connectivity index (χ3n) is 3.12. The molecule has 0 amide bonds. The van der Waals surface area contributed by atoms with E-state index in [-0.39, 0.29) is 11.8 Å². The molecule has 20 heavy (non-hydrogen) atoms. The Morgan fingerprint density at radius 1 is 1.45 bits per heavy atom. The van der Waals surface area contributed by atoms with Gasteiger partial charge in [-0.2, -0.15) is 0 Å². The second-order valence-corrected chi connectivity index (χ2v) is 4.70. The summed E-state index contributed by atoms with van der Waals surface area (Å²) in [5.74, 6) is -0.498. The number of aromatic nitrogens is 1. The van der Waals surface area contributed by atoms with E-state index in [4.69, 9.17) is 21.4 Å². The van der Waals surface area contributed by atoms with Crippen molar-refractivity contribution >= 4 is 28.5 Å². The molecule has 1 N–H and O–H groups in total. The van der Waals surface area contributed by atoms with Crippen LogP contribution in [0.4, 0.5) is 0 Å². The first-order valence-electron chi connectivity index (χ1n) is 6.10. The molecule has 0 bridgehead atoms. The Bertz CT molecular complexity index is 736. The number of ether oxygens (including phenoxy) is 1. The van der Waals surface area contributed by atoms with Crippen LogP contribution in [-0.2, 0) is 17.8 Å². The number of benzene rings is 1. The first-order chi connectivity index (χ1) is 9.49. The van der Waals surface area contributed by atoms with Crippen molar-refractivity contribution in [1.82, 2.24) is 4.57 Å². The summed E-state index contributed by atoms with van der Waals surface area (Å²) in [7, 11) is 1.50. The highest BCUT2D eigenvalue weighted by Gasteiger charge is 2.16. The molecule has 0 radical (unpaired) electrons. The maximum atomic E-state index is 12.2. The molecular formula is C14H14ClNO4. The molecule has 0 spiro atoms. The summed E-state index contributed by atoms with van der Waals surface area (Å²) in [6.45, 7) is 2.38. The Morgan fingerprint density at radius 2 is 2.15 bits per heavy atom. The quantitative estimate of drug-likeness (QED) is 0.940. The van der Waals surface area contributed by atoms with E-state index in [1.807, 2.05) is 6.92 Å². The van der Waals surface area contributed by atoms with Crippen molar-refractivity contribution in [1.29, 1.82) is 0 Å². The maximum Gasteiger partial charge on any atom is 0.309 e. The van der Waals surface area contributed by atoms with Crippen LogP contribution in [0.2, 0.25) is 5.02 Å². The van der Waals surface area contributed by atoms with Gasteiger partial charge in [-0.3, -0.25) is 9.59 Å². The van der Waals surface area contributed by atoms with Crippen LogP contribution in [0.3, 0.4) is 0 Å². The topological polar surface area (TPSA) is 68.5 Å². The van der Waals surface area contributed by atoms with E-state index in [9.17, 15) is 9.59 Å². The van der Waals surface area contributed by atoms with E-state index in [2.05, 4.69) is 0 Å². The summed E-state index contributed by atoms with van der Waals surface area (Å²) in [6, 6.07) is 4.59. The monoisotopic (exact) mass is 295 g/mol. The van der Waals surface area contributed by atoms with E-state index in [1.165, 1.54) is 13.2 Å². The first kappa shape index (κ1) is 14.4. The molecule has 1 aromatic carbocycles. The minimum Gasteiger partial charge on any atom is -0.495 e. The number of fused-ring (bicyclic) bond motifs is 1. The van der Waals surface area contributed by atoms with Crippen molar-refractivity contribution in [2.24, 2.45) is 0 Å². The van der Waals surface area contributed by atoms with Gasteiger partial charge >= 0.3 is 5.97 Å². The number of aliphatic carboxylic acids is 1. The summed E-state index contributed by atoms with van der Waals surface area (Å²) in [6.07, 6.45) is -0.227.